The number of carbonyl (C=O) groups is 2. The number of hydrogen-bond acceptors (Lipinski definition) is 5. The molecule has 36 heavy (non-hydrogen) atoms. The van der Waals surface area contributed by atoms with E-state index in [1.807, 2.05) is 62.4 Å². The van der Waals surface area contributed by atoms with Crippen LogP contribution in [-0.4, -0.2) is 33.0 Å². The summed E-state index contributed by atoms with van der Waals surface area (Å²) in [6.07, 6.45) is 0.592. The highest BCUT2D eigenvalue weighted by atomic mass is 32.2. The van der Waals surface area contributed by atoms with Gasteiger partial charge in [-0.2, -0.15) is 10.1 Å². The van der Waals surface area contributed by atoms with E-state index in [9.17, 15) is 14.0 Å². The Labute approximate surface area is 213 Å². The summed E-state index contributed by atoms with van der Waals surface area (Å²) in [6.45, 7) is 3.98. The fourth-order valence-corrected chi connectivity index (χ4v) is 5.32. The third-order valence-corrected chi connectivity index (χ3v) is 7.29. The number of rotatable bonds is 5. The average molecular weight is 501 g/mol. The lowest BCUT2D eigenvalue weighted by Gasteiger charge is -2.23. The summed E-state index contributed by atoms with van der Waals surface area (Å²) in [5.74, 6) is -0.917. The Morgan fingerprint density at radius 3 is 2.53 bits per heavy atom. The second kappa shape index (κ2) is 10.1. The molecule has 2 amide bonds. The normalized spacial score (nSPS) is 19.3. The van der Waals surface area contributed by atoms with Gasteiger partial charge in [-0.1, -0.05) is 65.9 Å². The van der Waals surface area contributed by atoms with Gasteiger partial charge in [0.2, 0.25) is 5.91 Å². The van der Waals surface area contributed by atoms with Gasteiger partial charge in [0.05, 0.1) is 11.8 Å². The van der Waals surface area contributed by atoms with Gasteiger partial charge in [-0.15, -0.1) is 0 Å². The molecule has 3 aromatic rings. The van der Waals surface area contributed by atoms with E-state index in [-0.39, 0.29) is 30.1 Å². The SMILES string of the molecule is Cc1ccc(C2=NN(C3=NC(=O)[C@H](CC(=O)Nc4cccc(C)c4)S3)[C@@H](c3ccc(F)cc3)C2)cc1. The summed E-state index contributed by atoms with van der Waals surface area (Å²) >= 11 is 1.24. The Kier molecular flexibility index (Phi) is 6.69. The number of hydrazone groups is 1. The predicted octanol–water partition coefficient (Wildman–Crippen LogP) is 5.62. The van der Waals surface area contributed by atoms with Crippen molar-refractivity contribution >= 4 is 40.1 Å². The van der Waals surface area contributed by atoms with E-state index in [4.69, 9.17) is 5.10 Å². The lowest BCUT2D eigenvalue weighted by molar-refractivity contribution is -0.121. The van der Waals surface area contributed by atoms with Crippen LogP contribution < -0.4 is 5.32 Å². The number of amides is 2. The van der Waals surface area contributed by atoms with Gasteiger partial charge in [0.15, 0.2) is 5.17 Å². The van der Waals surface area contributed by atoms with Crippen LogP contribution >= 0.6 is 11.8 Å². The first kappa shape index (κ1) is 23.9. The predicted molar refractivity (Wildman–Crippen MR) is 142 cm³/mol. The largest absolute Gasteiger partial charge is 0.326 e. The number of halogens is 1. The zero-order chi connectivity index (χ0) is 25.2. The molecule has 2 atom stereocenters. The van der Waals surface area contributed by atoms with E-state index in [1.54, 1.807) is 17.1 Å². The minimum atomic E-state index is -0.627. The summed E-state index contributed by atoms with van der Waals surface area (Å²) in [5.41, 5.74) is 5.60. The number of aryl methyl sites for hydroxylation is 2. The van der Waals surface area contributed by atoms with E-state index < -0.39 is 5.25 Å². The van der Waals surface area contributed by atoms with Crippen LogP contribution in [0.15, 0.2) is 82.9 Å². The molecule has 6 nitrogen and oxygen atoms in total. The lowest BCUT2D eigenvalue weighted by atomic mass is 9.98. The molecule has 0 saturated carbocycles. The molecule has 1 N–H and O–H groups in total. The smallest absolute Gasteiger partial charge is 0.262 e. The Hall–Kier alpha value is -3.78. The zero-order valence-electron chi connectivity index (χ0n) is 19.9. The standard InChI is InChI=1S/C28H25FN4O2S/c1-17-6-8-19(9-7-17)23-15-24(20-10-12-21(29)13-11-20)33(32-23)28-31-27(35)25(36-28)16-26(34)30-22-5-3-4-18(2)14-22/h3-14,24-25H,15-16H2,1-2H3,(H,30,34)/t24-,25+/m1/s1. The molecule has 2 heterocycles. The molecule has 0 aliphatic carbocycles. The van der Waals surface area contributed by atoms with Crippen molar-refractivity contribution in [2.45, 2.75) is 38.0 Å². The van der Waals surface area contributed by atoms with Gasteiger partial charge in [0.25, 0.3) is 5.91 Å². The maximum absolute atomic E-state index is 13.6. The molecule has 0 saturated heterocycles. The molecular weight excluding hydrogens is 475 g/mol. The Morgan fingerprint density at radius 1 is 1.06 bits per heavy atom. The summed E-state index contributed by atoms with van der Waals surface area (Å²) < 4.78 is 13.6. The van der Waals surface area contributed by atoms with E-state index in [2.05, 4.69) is 10.3 Å². The van der Waals surface area contributed by atoms with Gasteiger partial charge in [0, 0.05) is 18.5 Å². The van der Waals surface area contributed by atoms with Gasteiger partial charge in [0.1, 0.15) is 11.1 Å². The fourth-order valence-electron chi connectivity index (χ4n) is 4.26. The van der Waals surface area contributed by atoms with Crippen LogP contribution in [0.4, 0.5) is 10.1 Å². The molecule has 0 unspecified atom stereocenters. The molecule has 3 aromatic carbocycles. The highest BCUT2D eigenvalue weighted by molar-refractivity contribution is 8.15. The van der Waals surface area contributed by atoms with Crippen molar-refractivity contribution < 1.29 is 14.0 Å². The van der Waals surface area contributed by atoms with E-state index in [1.165, 1.54) is 23.9 Å². The first-order valence-electron chi connectivity index (χ1n) is 11.7. The van der Waals surface area contributed by atoms with Gasteiger partial charge in [-0.05, 0) is 54.8 Å². The zero-order valence-corrected chi connectivity index (χ0v) is 20.8. The molecule has 8 heteroatoms. The van der Waals surface area contributed by atoms with Gasteiger partial charge >= 0.3 is 0 Å². The van der Waals surface area contributed by atoms with E-state index in [0.717, 1.165) is 28.0 Å². The number of hydrogen-bond donors (Lipinski definition) is 1. The van der Waals surface area contributed by atoms with Crippen LogP contribution in [0.1, 0.15) is 41.1 Å². The lowest BCUT2D eigenvalue weighted by Crippen LogP contribution is -2.25. The highest BCUT2D eigenvalue weighted by Crippen LogP contribution is 2.38. The van der Waals surface area contributed by atoms with E-state index >= 15 is 0 Å². The van der Waals surface area contributed by atoms with Crippen LogP contribution in [0.5, 0.6) is 0 Å². The molecule has 0 fully saturated rings. The maximum Gasteiger partial charge on any atom is 0.262 e. The Bertz CT molecular complexity index is 1370. The monoisotopic (exact) mass is 500 g/mol. The van der Waals surface area contributed by atoms with Crippen LogP contribution in [0, 0.1) is 19.7 Å². The number of aliphatic imine (C=N–C) groups is 1. The Morgan fingerprint density at radius 2 is 1.81 bits per heavy atom. The number of nitrogens with zero attached hydrogens (tertiary/aromatic N) is 3. The fraction of sp³-hybridized carbons (Fsp3) is 0.214. The molecule has 2 aliphatic heterocycles. The summed E-state index contributed by atoms with van der Waals surface area (Å²) in [6, 6.07) is 21.7. The van der Waals surface area contributed by atoms with Gasteiger partial charge in [-0.25, -0.2) is 9.40 Å². The topological polar surface area (TPSA) is 74.1 Å². The molecular formula is C28H25FN4O2S. The maximum atomic E-state index is 13.6. The number of thioether (sulfide) groups is 1. The molecule has 2 aliphatic rings. The van der Waals surface area contributed by atoms with Crippen LogP contribution in [0.2, 0.25) is 0 Å². The minimum absolute atomic E-state index is 0.00797. The first-order chi connectivity index (χ1) is 17.4. The first-order valence-corrected chi connectivity index (χ1v) is 12.6. The Balaban J connectivity index is 1.35. The summed E-state index contributed by atoms with van der Waals surface area (Å²) in [4.78, 5) is 29.6. The van der Waals surface area contributed by atoms with E-state index in [0.29, 0.717) is 17.3 Å². The average Bonchev–Trinajstić information content (AvgIpc) is 3.44. The van der Waals surface area contributed by atoms with Crippen LogP contribution in [0.3, 0.4) is 0 Å². The third kappa shape index (κ3) is 5.23. The number of anilines is 1. The number of carbonyl (C=O) groups excluding carboxylic acids is 2. The molecule has 0 radical (unpaired) electrons. The van der Waals surface area contributed by atoms with Crippen molar-refractivity contribution in [3.8, 4) is 0 Å². The number of nitrogens with one attached hydrogen (secondary N) is 1. The second-order valence-electron chi connectivity index (χ2n) is 8.99. The third-order valence-electron chi connectivity index (χ3n) is 6.15. The highest BCUT2D eigenvalue weighted by Gasteiger charge is 2.39. The van der Waals surface area contributed by atoms with Crippen molar-refractivity contribution in [1.82, 2.24) is 5.01 Å². The van der Waals surface area contributed by atoms with Crippen molar-refractivity contribution in [3.05, 3.63) is 101 Å². The van der Waals surface area contributed by atoms with Crippen molar-refractivity contribution in [2.24, 2.45) is 10.1 Å². The number of amidine groups is 1. The summed E-state index contributed by atoms with van der Waals surface area (Å²) in [5, 5.41) is 9.24. The van der Waals surface area contributed by atoms with Gasteiger partial charge < -0.3 is 5.32 Å². The number of benzene rings is 3. The van der Waals surface area contributed by atoms with Crippen LogP contribution in [-0.2, 0) is 9.59 Å². The summed E-state index contributed by atoms with van der Waals surface area (Å²) in [7, 11) is 0. The second-order valence-corrected chi connectivity index (χ2v) is 10.2. The van der Waals surface area contributed by atoms with Crippen LogP contribution in [0.25, 0.3) is 0 Å². The minimum Gasteiger partial charge on any atom is -0.326 e. The molecule has 0 bridgehead atoms. The quantitative estimate of drug-likeness (QED) is 0.493. The molecule has 182 valence electrons. The molecule has 0 spiro atoms. The van der Waals surface area contributed by atoms with Crippen molar-refractivity contribution in [2.75, 3.05) is 5.32 Å². The van der Waals surface area contributed by atoms with Gasteiger partial charge in [-0.3, -0.25) is 9.59 Å². The van der Waals surface area contributed by atoms with Crippen molar-refractivity contribution in [1.29, 1.82) is 0 Å². The molecule has 0 aromatic heterocycles. The molecule has 5 rings (SSSR count). The van der Waals surface area contributed by atoms with Crippen molar-refractivity contribution in [3.63, 3.8) is 0 Å².